The van der Waals surface area contributed by atoms with E-state index in [1.165, 1.54) is 17.5 Å². The first-order chi connectivity index (χ1) is 11.5. The maximum atomic E-state index is 12.2. The summed E-state index contributed by atoms with van der Waals surface area (Å²) < 4.78 is 5.34. The Morgan fingerprint density at radius 3 is 2.62 bits per heavy atom. The van der Waals surface area contributed by atoms with Crippen LogP contribution in [0.25, 0.3) is 0 Å². The predicted octanol–water partition coefficient (Wildman–Crippen LogP) is 3.62. The lowest BCUT2D eigenvalue weighted by Crippen LogP contribution is -2.14. The number of rotatable bonds is 6. The summed E-state index contributed by atoms with van der Waals surface area (Å²) in [5.41, 5.74) is 1.48. The number of nitriles is 1. The number of ether oxygens (including phenoxy) is 1. The van der Waals surface area contributed by atoms with E-state index in [0.717, 1.165) is 16.3 Å². The number of benzene rings is 1. The van der Waals surface area contributed by atoms with Gasteiger partial charge < -0.3 is 15.4 Å². The number of amides is 1. The summed E-state index contributed by atoms with van der Waals surface area (Å²) in [5.74, 6) is 0.238. The van der Waals surface area contributed by atoms with Crippen LogP contribution in [0.4, 0.5) is 10.8 Å². The Labute approximate surface area is 144 Å². The van der Waals surface area contributed by atoms with Gasteiger partial charge in [-0.3, -0.25) is 4.79 Å². The highest BCUT2D eigenvalue weighted by Gasteiger charge is 2.10. The molecular formula is C17H18N4O2S. The molecule has 1 heterocycles. The first-order valence-electron chi connectivity index (χ1n) is 7.38. The van der Waals surface area contributed by atoms with Crippen molar-refractivity contribution in [2.45, 2.75) is 20.8 Å². The fraction of sp³-hybridized carbons (Fsp3) is 0.235. The van der Waals surface area contributed by atoms with Crippen molar-refractivity contribution >= 4 is 28.1 Å². The number of aromatic nitrogens is 1. The van der Waals surface area contributed by atoms with E-state index in [1.807, 2.05) is 26.8 Å². The summed E-state index contributed by atoms with van der Waals surface area (Å²) in [7, 11) is 0. The molecule has 0 unspecified atom stereocenters. The molecule has 0 bridgehead atoms. The second kappa shape index (κ2) is 8.13. The minimum atomic E-state index is -0.487. The summed E-state index contributed by atoms with van der Waals surface area (Å²) in [6.45, 7) is 6.35. The molecule has 0 aliphatic carbocycles. The quantitative estimate of drug-likeness (QED) is 0.618. The molecule has 0 saturated carbocycles. The molecule has 0 atom stereocenters. The van der Waals surface area contributed by atoms with Crippen LogP contribution in [0.2, 0.25) is 0 Å². The van der Waals surface area contributed by atoms with Gasteiger partial charge in [0.15, 0.2) is 5.13 Å². The second-order valence-electron chi connectivity index (χ2n) is 4.89. The number of carbonyl (C=O) groups excluding carboxylic acids is 1. The van der Waals surface area contributed by atoms with Gasteiger partial charge >= 0.3 is 0 Å². The molecule has 1 aromatic heterocycles. The molecular weight excluding hydrogens is 324 g/mol. The minimum Gasteiger partial charge on any atom is -0.494 e. The maximum Gasteiger partial charge on any atom is 0.267 e. The van der Waals surface area contributed by atoms with Gasteiger partial charge in [0.1, 0.15) is 17.4 Å². The minimum absolute atomic E-state index is 0.0330. The largest absolute Gasteiger partial charge is 0.494 e. The highest BCUT2D eigenvalue weighted by Crippen LogP contribution is 2.21. The summed E-state index contributed by atoms with van der Waals surface area (Å²) in [4.78, 5) is 17.5. The standard InChI is InChI=1S/C17H18N4O2S/c1-4-23-15-7-5-14(6-8-15)21-16(22)13(9-18)10-19-17-20-11(2)12(3)24-17/h5-8,10H,4H2,1-3H3,(H,19,20)(H,21,22)/b13-10-. The first kappa shape index (κ1) is 17.5. The molecule has 1 aromatic carbocycles. The summed E-state index contributed by atoms with van der Waals surface area (Å²) >= 11 is 1.47. The van der Waals surface area contributed by atoms with E-state index in [-0.39, 0.29) is 5.57 Å². The lowest BCUT2D eigenvalue weighted by Gasteiger charge is -2.06. The number of anilines is 2. The SMILES string of the molecule is CCOc1ccc(NC(=O)/C(C#N)=C\Nc2nc(C)c(C)s2)cc1. The molecule has 0 fully saturated rings. The Morgan fingerprint density at radius 2 is 2.08 bits per heavy atom. The van der Waals surface area contributed by atoms with E-state index in [2.05, 4.69) is 15.6 Å². The smallest absolute Gasteiger partial charge is 0.267 e. The Hall–Kier alpha value is -2.85. The average Bonchev–Trinajstić information content (AvgIpc) is 2.88. The number of nitrogens with zero attached hydrogens (tertiary/aromatic N) is 2. The van der Waals surface area contributed by atoms with Gasteiger partial charge in [-0.25, -0.2) is 4.98 Å². The predicted molar refractivity (Wildman–Crippen MR) is 95.1 cm³/mol. The fourth-order valence-electron chi connectivity index (χ4n) is 1.82. The monoisotopic (exact) mass is 342 g/mol. The number of nitrogens with one attached hydrogen (secondary N) is 2. The number of carbonyl (C=O) groups is 1. The van der Waals surface area contributed by atoms with Gasteiger partial charge in [-0.2, -0.15) is 5.26 Å². The summed E-state index contributed by atoms with van der Waals surface area (Å²) in [5, 5.41) is 15.4. The van der Waals surface area contributed by atoms with E-state index < -0.39 is 5.91 Å². The van der Waals surface area contributed by atoms with Crippen molar-refractivity contribution in [1.82, 2.24) is 4.98 Å². The van der Waals surface area contributed by atoms with Crippen LogP contribution in [0.5, 0.6) is 5.75 Å². The van der Waals surface area contributed by atoms with Gasteiger partial charge in [-0.15, -0.1) is 11.3 Å². The fourth-order valence-corrected chi connectivity index (χ4v) is 2.60. The van der Waals surface area contributed by atoms with Gasteiger partial charge in [0.25, 0.3) is 5.91 Å². The molecule has 0 radical (unpaired) electrons. The number of aryl methyl sites for hydroxylation is 2. The third-order valence-electron chi connectivity index (χ3n) is 3.16. The molecule has 1 amide bonds. The van der Waals surface area contributed by atoms with E-state index in [0.29, 0.717) is 17.4 Å². The van der Waals surface area contributed by atoms with E-state index >= 15 is 0 Å². The molecule has 0 aliphatic rings. The Bertz CT molecular complexity index is 768. The molecule has 0 saturated heterocycles. The lowest BCUT2D eigenvalue weighted by molar-refractivity contribution is -0.112. The van der Waals surface area contributed by atoms with Gasteiger partial charge in [-0.05, 0) is 45.0 Å². The topological polar surface area (TPSA) is 87.0 Å². The number of hydrogen-bond acceptors (Lipinski definition) is 6. The zero-order valence-electron chi connectivity index (χ0n) is 13.7. The van der Waals surface area contributed by atoms with Crippen LogP contribution in [0.3, 0.4) is 0 Å². The van der Waals surface area contributed by atoms with Crippen molar-refractivity contribution in [3.05, 3.63) is 46.6 Å². The van der Waals surface area contributed by atoms with Crippen molar-refractivity contribution in [2.75, 3.05) is 17.2 Å². The van der Waals surface area contributed by atoms with Crippen molar-refractivity contribution in [1.29, 1.82) is 5.26 Å². The molecule has 124 valence electrons. The maximum absolute atomic E-state index is 12.2. The molecule has 7 heteroatoms. The third-order valence-corrected chi connectivity index (χ3v) is 4.16. The van der Waals surface area contributed by atoms with Crippen LogP contribution in [0.15, 0.2) is 36.0 Å². The normalized spacial score (nSPS) is 10.8. The van der Waals surface area contributed by atoms with Crippen LogP contribution in [0.1, 0.15) is 17.5 Å². The van der Waals surface area contributed by atoms with Crippen LogP contribution in [-0.4, -0.2) is 17.5 Å². The third kappa shape index (κ3) is 4.57. The van der Waals surface area contributed by atoms with Crippen molar-refractivity contribution in [2.24, 2.45) is 0 Å². The van der Waals surface area contributed by atoms with Crippen LogP contribution in [-0.2, 0) is 4.79 Å². The molecule has 0 aliphatic heterocycles. The Kier molecular flexibility index (Phi) is 5.93. The highest BCUT2D eigenvalue weighted by atomic mass is 32.1. The summed E-state index contributed by atoms with van der Waals surface area (Å²) in [6, 6.07) is 8.84. The van der Waals surface area contributed by atoms with Gasteiger partial charge in [0.05, 0.1) is 12.3 Å². The molecule has 0 spiro atoms. The van der Waals surface area contributed by atoms with E-state index in [4.69, 9.17) is 4.74 Å². The van der Waals surface area contributed by atoms with Crippen molar-refractivity contribution in [3.8, 4) is 11.8 Å². The molecule has 2 N–H and O–H groups in total. The van der Waals surface area contributed by atoms with Gasteiger partial charge in [0, 0.05) is 16.8 Å². The molecule has 2 rings (SSSR count). The molecule has 2 aromatic rings. The van der Waals surface area contributed by atoms with E-state index in [1.54, 1.807) is 24.3 Å². The zero-order valence-corrected chi connectivity index (χ0v) is 14.5. The average molecular weight is 342 g/mol. The molecule has 6 nitrogen and oxygen atoms in total. The van der Waals surface area contributed by atoms with Gasteiger partial charge in [-0.1, -0.05) is 0 Å². The highest BCUT2D eigenvalue weighted by molar-refractivity contribution is 7.15. The second-order valence-corrected chi connectivity index (χ2v) is 6.09. The van der Waals surface area contributed by atoms with Crippen LogP contribution >= 0.6 is 11.3 Å². The Morgan fingerprint density at radius 1 is 1.38 bits per heavy atom. The number of thiazole rings is 1. The van der Waals surface area contributed by atoms with Crippen molar-refractivity contribution < 1.29 is 9.53 Å². The van der Waals surface area contributed by atoms with E-state index in [9.17, 15) is 10.1 Å². The summed E-state index contributed by atoms with van der Waals surface area (Å²) in [6.07, 6.45) is 1.36. The first-order valence-corrected chi connectivity index (χ1v) is 8.20. The number of hydrogen-bond donors (Lipinski definition) is 2. The molecule has 24 heavy (non-hydrogen) atoms. The van der Waals surface area contributed by atoms with Crippen LogP contribution < -0.4 is 15.4 Å². The van der Waals surface area contributed by atoms with Crippen LogP contribution in [0, 0.1) is 25.2 Å². The van der Waals surface area contributed by atoms with Gasteiger partial charge in [0.2, 0.25) is 0 Å². The Balaban J connectivity index is 2.02. The lowest BCUT2D eigenvalue weighted by atomic mass is 10.2. The zero-order chi connectivity index (χ0) is 17.5. The van der Waals surface area contributed by atoms with Crippen molar-refractivity contribution in [3.63, 3.8) is 0 Å².